The van der Waals surface area contributed by atoms with E-state index >= 15 is 0 Å². The average Bonchev–Trinajstić information content (AvgIpc) is 2.65. The van der Waals surface area contributed by atoms with Gasteiger partial charge in [0.25, 0.3) is 0 Å². The Morgan fingerprint density at radius 3 is 0.711 bits per heavy atom. The summed E-state index contributed by atoms with van der Waals surface area (Å²) in [4.78, 5) is 30.1. The number of hydrogen-bond acceptors (Lipinski definition) is 6. The van der Waals surface area contributed by atoms with Crippen LogP contribution < -0.4 is 15.3 Å². The van der Waals surface area contributed by atoms with E-state index in [4.69, 9.17) is 0 Å². The molecule has 0 spiro atoms. The summed E-state index contributed by atoms with van der Waals surface area (Å²) in [7, 11) is 0. The largest absolute Gasteiger partial charge is 3.00 e. The molecule has 0 saturated carbocycles. The van der Waals surface area contributed by atoms with Crippen molar-refractivity contribution in [2.75, 3.05) is 0 Å². The Bertz CT molecular complexity index is 492. The minimum Gasteiger partial charge on any atom is -0.550 e. The molecular formula is C30H57Bi2O6+3. The van der Waals surface area contributed by atoms with E-state index in [0.29, 0.717) is 16.2 Å². The minimum absolute atomic E-state index is 0. The molecule has 6 nitrogen and oxygen atoms in total. The van der Waals surface area contributed by atoms with Crippen LogP contribution in [0.4, 0.5) is 0 Å². The van der Waals surface area contributed by atoms with Crippen molar-refractivity contribution in [3.05, 3.63) is 0 Å². The van der Waals surface area contributed by atoms with Gasteiger partial charge in [0.15, 0.2) is 0 Å². The van der Waals surface area contributed by atoms with Crippen LogP contribution in [-0.2, 0) is 14.4 Å². The van der Waals surface area contributed by atoms with Crippen LogP contribution in [0.5, 0.6) is 0 Å². The van der Waals surface area contributed by atoms with Crippen LogP contribution in [0.2, 0.25) is 0 Å². The molecule has 0 fully saturated rings. The molecule has 38 heavy (non-hydrogen) atoms. The Morgan fingerprint density at radius 1 is 0.395 bits per heavy atom. The Kier molecular flexibility index (Phi) is 34.5. The first kappa shape index (κ1) is 47.9. The third kappa shape index (κ3) is 60.6. The van der Waals surface area contributed by atoms with Crippen molar-refractivity contribution in [2.24, 2.45) is 16.2 Å². The summed E-state index contributed by atoms with van der Waals surface area (Å²) in [5, 5.41) is 30.1. The Balaban J connectivity index is -0.000000140. The molecule has 0 N–H and O–H groups in total. The van der Waals surface area contributed by atoms with Gasteiger partial charge in [-0.25, -0.2) is 0 Å². The third-order valence-electron chi connectivity index (χ3n) is 5.42. The molecule has 220 valence electrons. The number of carbonyl (C=O) groups is 3. The number of aliphatic carboxylic acids is 3. The topological polar surface area (TPSA) is 120 Å². The van der Waals surface area contributed by atoms with Gasteiger partial charge in [-0.3, -0.25) is 0 Å². The summed E-state index contributed by atoms with van der Waals surface area (Å²) in [5.41, 5.74) is 1.13. The molecule has 4 radical (unpaired) electrons. The fraction of sp³-hybridized carbons (Fsp3) is 0.900. The van der Waals surface area contributed by atoms with Gasteiger partial charge in [-0.2, -0.15) is 0 Å². The van der Waals surface area contributed by atoms with Gasteiger partial charge in [0.05, 0.1) is 0 Å². The monoisotopic (exact) mass is 931 g/mol. The fourth-order valence-electron chi connectivity index (χ4n) is 3.30. The fourth-order valence-corrected chi connectivity index (χ4v) is 3.30. The molecule has 0 aromatic carbocycles. The van der Waals surface area contributed by atoms with Gasteiger partial charge >= 0.3 is 52.4 Å². The van der Waals surface area contributed by atoms with Gasteiger partial charge in [0, 0.05) is 17.9 Å². The second-order valence-corrected chi connectivity index (χ2v) is 13.5. The van der Waals surface area contributed by atoms with E-state index in [2.05, 4.69) is 62.3 Å². The van der Waals surface area contributed by atoms with Crippen LogP contribution >= 0.6 is 0 Å². The standard InChI is InChI=1S/3C10H20O2.2Bi/c3*1-10(2,3)8-6-4-5-7-9(11)12;;/h3*4-8H2,1-3H3,(H,11,12);;/q;;;2*+3/p-3. The molecular weight excluding hydrogens is 874 g/mol. The molecule has 0 aliphatic rings. The molecule has 0 atom stereocenters. The minimum atomic E-state index is -0.925. The van der Waals surface area contributed by atoms with Gasteiger partial charge in [-0.1, -0.05) is 101 Å². The molecule has 0 heterocycles. The Labute approximate surface area is 273 Å². The smallest absolute Gasteiger partial charge is 0.550 e. The molecule has 0 bridgehead atoms. The van der Waals surface area contributed by atoms with Crippen LogP contribution in [0.25, 0.3) is 0 Å². The van der Waals surface area contributed by atoms with Gasteiger partial charge in [-0.05, 0) is 74.0 Å². The summed E-state index contributed by atoms with van der Waals surface area (Å²) >= 11 is 0. The van der Waals surface area contributed by atoms with Crippen molar-refractivity contribution in [2.45, 2.75) is 159 Å². The van der Waals surface area contributed by atoms with Crippen molar-refractivity contribution < 1.29 is 29.7 Å². The number of carboxylic acids is 3. The maximum atomic E-state index is 10.0. The molecule has 0 rings (SSSR count). The van der Waals surface area contributed by atoms with Crippen LogP contribution in [-0.4, -0.2) is 70.3 Å². The van der Waals surface area contributed by atoms with Gasteiger partial charge in [-0.15, -0.1) is 0 Å². The van der Waals surface area contributed by atoms with Gasteiger partial charge in [0.2, 0.25) is 0 Å². The number of unbranched alkanes of at least 4 members (excludes halogenated alkanes) is 6. The number of hydrogen-bond donors (Lipinski definition) is 0. The number of carbonyl (C=O) groups excluding carboxylic acids is 3. The third-order valence-corrected chi connectivity index (χ3v) is 5.42. The first-order valence-electron chi connectivity index (χ1n) is 13.8. The Morgan fingerprint density at radius 2 is 0.579 bits per heavy atom. The quantitative estimate of drug-likeness (QED) is 0.177. The molecule has 0 saturated heterocycles. The summed E-state index contributed by atoms with van der Waals surface area (Å²) in [6.07, 6.45) is 12.8. The van der Waals surface area contributed by atoms with Crippen molar-refractivity contribution >= 4 is 70.3 Å². The maximum Gasteiger partial charge on any atom is 3.00 e. The maximum absolute atomic E-state index is 10.0. The zero-order valence-electron chi connectivity index (χ0n) is 26.0. The molecule has 0 amide bonds. The average molecular weight is 932 g/mol. The second kappa shape index (κ2) is 27.4. The first-order valence-corrected chi connectivity index (χ1v) is 13.8. The summed E-state index contributed by atoms with van der Waals surface area (Å²) in [5.74, 6) is -2.78. The van der Waals surface area contributed by atoms with E-state index in [1.165, 1.54) is 19.3 Å². The first-order chi connectivity index (χ1) is 16.2. The van der Waals surface area contributed by atoms with E-state index in [9.17, 15) is 29.7 Å². The predicted octanol–water partition coefficient (Wildman–Crippen LogP) is 4.44. The normalized spacial score (nSPS) is 11.0. The van der Waals surface area contributed by atoms with Crippen molar-refractivity contribution in [3.8, 4) is 0 Å². The number of rotatable bonds is 15. The Hall–Kier alpha value is 0.176. The van der Waals surface area contributed by atoms with E-state index in [1.807, 2.05) is 0 Å². The van der Waals surface area contributed by atoms with E-state index in [-0.39, 0.29) is 71.7 Å². The van der Waals surface area contributed by atoms with Crippen molar-refractivity contribution in [1.82, 2.24) is 0 Å². The molecule has 8 heteroatoms. The molecule has 0 aliphatic carbocycles. The van der Waals surface area contributed by atoms with Crippen LogP contribution in [0, 0.1) is 16.2 Å². The zero-order valence-corrected chi connectivity index (χ0v) is 32.9. The second-order valence-electron chi connectivity index (χ2n) is 13.5. The van der Waals surface area contributed by atoms with Gasteiger partial charge in [0.1, 0.15) is 0 Å². The van der Waals surface area contributed by atoms with Crippen LogP contribution in [0.3, 0.4) is 0 Å². The van der Waals surface area contributed by atoms with Crippen LogP contribution in [0.1, 0.15) is 159 Å². The number of carboxylic acid groups (broad SMARTS) is 3. The molecule has 0 aromatic rings. The molecule has 0 aliphatic heterocycles. The molecule has 0 aromatic heterocycles. The van der Waals surface area contributed by atoms with E-state index in [0.717, 1.165) is 57.8 Å². The predicted molar refractivity (Wildman–Crippen MR) is 154 cm³/mol. The zero-order chi connectivity index (χ0) is 28.8. The van der Waals surface area contributed by atoms with E-state index in [1.54, 1.807) is 0 Å². The van der Waals surface area contributed by atoms with Crippen molar-refractivity contribution in [1.29, 1.82) is 0 Å². The summed E-state index contributed by atoms with van der Waals surface area (Å²) in [6, 6.07) is 0. The van der Waals surface area contributed by atoms with Crippen LogP contribution in [0.15, 0.2) is 0 Å². The molecule has 0 unspecified atom stereocenters. The summed E-state index contributed by atoms with van der Waals surface area (Å²) in [6.45, 7) is 19.8. The van der Waals surface area contributed by atoms with Gasteiger partial charge < -0.3 is 29.7 Å². The van der Waals surface area contributed by atoms with Crippen molar-refractivity contribution in [3.63, 3.8) is 0 Å². The summed E-state index contributed by atoms with van der Waals surface area (Å²) < 4.78 is 0. The SMILES string of the molecule is CC(C)(C)CCCCCC(=O)[O-].CC(C)(C)CCCCCC(=O)[O-].CC(C)(C)CCCCCC(=O)[O-].[Bi+3].[Bi+3]. The van der Waals surface area contributed by atoms with E-state index < -0.39 is 17.9 Å².